The van der Waals surface area contributed by atoms with Crippen molar-refractivity contribution in [1.82, 2.24) is 9.78 Å². The standard InChI is InChI=1S/C23H24N2O/c1-23(2,3)20-12-9-19(10-13-20)17-25-22(26)16-15-21(24-25)14-11-18-7-5-4-6-8-18/h4-16H,17H2,1-3H3. The zero-order valence-corrected chi connectivity index (χ0v) is 15.5. The summed E-state index contributed by atoms with van der Waals surface area (Å²) in [7, 11) is 0. The molecule has 0 bridgehead atoms. The van der Waals surface area contributed by atoms with Crippen LogP contribution in [0.1, 0.15) is 43.2 Å². The second-order valence-corrected chi connectivity index (χ2v) is 7.45. The number of hydrogen-bond acceptors (Lipinski definition) is 2. The van der Waals surface area contributed by atoms with E-state index in [2.05, 4.69) is 50.1 Å². The lowest BCUT2D eigenvalue weighted by atomic mass is 9.87. The molecular weight excluding hydrogens is 320 g/mol. The first-order valence-electron chi connectivity index (χ1n) is 8.82. The van der Waals surface area contributed by atoms with Crippen molar-refractivity contribution in [3.63, 3.8) is 0 Å². The molecule has 0 atom stereocenters. The highest BCUT2D eigenvalue weighted by molar-refractivity contribution is 5.67. The molecule has 1 heterocycles. The molecule has 0 radical (unpaired) electrons. The number of rotatable bonds is 4. The van der Waals surface area contributed by atoms with Crippen molar-refractivity contribution >= 4 is 12.2 Å². The summed E-state index contributed by atoms with van der Waals surface area (Å²) in [5.74, 6) is 0. The highest BCUT2D eigenvalue weighted by Gasteiger charge is 2.13. The Hall–Kier alpha value is -2.94. The van der Waals surface area contributed by atoms with Crippen molar-refractivity contribution in [2.45, 2.75) is 32.7 Å². The Balaban J connectivity index is 1.80. The maximum Gasteiger partial charge on any atom is 0.267 e. The Bertz CT molecular complexity index is 946. The van der Waals surface area contributed by atoms with Gasteiger partial charge < -0.3 is 0 Å². The molecule has 0 aliphatic carbocycles. The molecule has 0 N–H and O–H groups in total. The average molecular weight is 344 g/mol. The van der Waals surface area contributed by atoms with Crippen LogP contribution in [0, 0.1) is 0 Å². The quantitative estimate of drug-likeness (QED) is 0.684. The van der Waals surface area contributed by atoms with E-state index in [1.807, 2.05) is 42.5 Å². The molecule has 0 aliphatic rings. The Morgan fingerprint density at radius 1 is 0.885 bits per heavy atom. The average Bonchev–Trinajstić information content (AvgIpc) is 2.63. The topological polar surface area (TPSA) is 34.9 Å². The van der Waals surface area contributed by atoms with Crippen LogP contribution >= 0.6 is 0 Å². The Morgan fingerprint density at radius 3 is 2.23 bits per heavy atom. The number of hydrogen-bond donors (Lipinski definition) is 0. The minimum Gasteiger partial charge on any atom is -0.268 e. The van der Waals surface area contributed by atoms with Gasteiger partial charge in [0.05, 0.1) is 12.2 Å². The van der Waals surface area contributed by atoms with Crippen LogP contribution in [0.25, 0.3) is 12.2 Å². The zero-order chi connectivity index (χ0) is 18.6. The van der Waals surface area contributed by atoms with Gasteiger partial charge in [-0.3, -0.25) is 4.79 Å². The van der Waals surface area contributed by atoms with Crippen molar-refractivity contribution in [2.75, 3.05) is 0 Å². The van der Waals surface area contributed by atoms with Gasteiger partial charge in [-0.05, 0) is 34.2 Å². The summed E-state index contributed by atoms with van der Waals surface area (Å²) >= 11 is 0. The molecule has 0 saturated heterocycles. The largest absolute Gasteiger partial charge is 0.268 e. The van der Waals surface area contributed by atoms with E-state index < -0.39 is 0 Å². The van der Waals surface area contributed by atoms with Crippen molar-refractivity contribution in [3.05, 3.63) is 99.5 Å². The van der Waals surface area contributed by atoms with E-state index in [-0.39, 0.29) is 11.0 Å². The van der Waals surface area contributed by atoms with E-state index >= 15 is 0 Å². The molecule has 3 rings (SSSR count). The van der Waals surface area contributed by atoms with Crippen LogP contribution in [0.3, 0.4) is 0 Å². The van der Waals surface area contributed by atoms with Crippen molar-refractivity contribution < 1.29 is 0 Å². The first-order valence-corrected chi connectivity index (χ1v) is 8.82. The van der Waals surface area contributed by atoms with E-state index in [9.17, 15) is 4.79 Å². The van der Waals surface area contributed by atoms with Gasteiger partial charge in [-0.25, -0.2) is 4.68 Å². The smallest absolute Gasteiger partial charge is 0.267 e. The van der Waals surface area contributed by atoms with E-state index in [0.717, 1.165) is 16.8 Å². The molecule has 26 heavy (non-hydrogen) atoms. The molecule has 0 aliphatic heterocycles. The van der Waals surface area contributed by atoms with Gasteiger partial charge >= 0.3 is 0 Å². The fraction of sp³-hybridized carbons (Fsp3) is 0.217. The summed E-state index contributed by atoms with van der Waals surface area (Å²) in [6, 6.07) is 21.8. The molecule has 3 aromatic rings. The minimum absolute atomic E-state index is 0.0956. The van der Waals surface area contributed by atoms with Gasteiger partial charge in [0.1, 0.15) is 0 Å². The van der Waals surface area contributed by atoms with Gasteiger partial charge in [0.25, 0.3) is 5.56 Å². The SMILES string of the molecule is CC(C)(C)c1ccc(Cn2nc(C=Cc3ccccc3)ccc2=O)cc1. The predicted molar refractivity (Wildman–Crippen MR) is 108 cm³/mol. The normalized spacial score (nSPS) is 11.8. The van der Waals surface area contributed by atoms with Crippen LogP contribution in [-0.4, -0.2) is 9.78 Å². The van der Waals surface area contributed by atoms with Crippen LogP contribution in [0.2, 0.25) is 0 Å². The van der Waals surface area contributed by atoms with Crippen LogP contribution in [-0.2, 0) is 12.0 Å². The van der Waals surface area contributed by atoms with Crippen molar-refractivity contribution in [3.8, 4) is 0 Å². The molecule has 0 saturated carbocycles. The van der Waals surface area contributed by atoms with Crippen LogP contribution in [0.4, 0.5) is 0 Å². The van der Waals surface area contributed by atoms with E-state index in [1.54, 1.807) is 12.1 Å². The third-order valence-corrected chi connectivity index (χ3v) is 4.29. The molecule has 0 spiro atoms. The molecule has 3 heteroatoms. The summed E-state index contributed by atoms with van der Waals surface area (Å²) in [5, 5.41) is 4.47. The lowest BCUT2D eigenvalue weighted by Crippen LogP contribution is -2.23. The number of aromatic nitrogens is 2. The van der Waals surface area contributed by atoms with Gasteiger partial charge in [0, 0.05) is 6.07 Å². The second kappa shape index (κ2) is 7.52. The fourth-order valence-electron chi connectivity index (χ4n) is 2.70. The molecule has 132 valence electrons. The molecule has 1 aromatic heterocycles. The number of benzene rings is 2. The highest BCUT2D eigenvalue weighted by atomic mass is 16.1. The molecule has 0 unspecified atom stereocenters. The molecule has 3 nitrogen and oxygen atoms in total. The molecule has 0 amide bonds. The lowest BCUT2D eigenvalue weighted by molar-refractivity contribution is 0.588. The Morgan fingerprint density at radius 2 is 1.58 bits per heavy atom. The van der Waals surface area contributed by atoms with Crippen LogP contribution in [0.15, 0.2) is 71.5 Å². The highest BCUT2D eigenvalue weighted by Crippen LogP contribution is 2.22. The van der Waals surface area contributed by atoms with E-state index in [1.165, 1.54) is 10.2 Å². The number of nitrogens with zero attached hydrogens (tertiary/aromatic N) is 2. The van der Waals surface area contributed by atoms with E-state index in [0.29, 0.717) is 6.54 Å². The summed E-state index contributed by atoms with van der Waals surface area (Å²) < 4.78 is 1.51. The Kier molecular flexibility index (Phi) is 5.17. The fourth-order valence-corrected chi connectivity index (χ4v) is 2.70. The molecular formula is C23H24N2O. The summed E-state index contributed by atoms with van der Waals surface area (Å²) in [6.45, 7) is 7.04. The minimum atomic E-state index is -0.0956. The van der Waals surface area contributed by atoms with Crippen molar-refractivity contribution in [2.24, 2.45) is 0 Å². The van der Waals surface area contributed by atoms with Crippen LogP contribution < -0.4 is 5.56 Å². The first-order chi connectivity index (χ1) is 12.4. The lowest BCUT2D eigenvalue weighted by Gasteiger charge is -2.19. The van der Waals surface area contributed by atoms with Gasteiger partial charge in [0.15, 0.2) is 0 Å². The van der Waals surface area contributed by atoms with Crippen molar-refractivity contribution in [1.29, 1.82) is 0 Å². The summed E-state index contributed by atoms with van der Waals surface area (Å²) in [6.07, 6.45) is 3.92. The van der Waals surface area contributed by atoms with Gasteiger partial charge in [0.2, 0.25) is 0 Å². The summed E-state index contributed by atoms with van der Waals surface area (Å²) in [5.41, 5.74) is 4.24. The molecule has 2 aromatic carbocycles. The predicted octanol–water partition coefficient (Wildman–Crippen LogP) is 4.76. The second-order valence-electron chi connectivity index (χ2n) is 7.45. The zero-order valence-electron chi connectivity index (χ0n) is 15.5. The Labute approximate surface area is 154 Å². The molecule has 0 fully saturated rings. The first kappa shape index (κ1) is 17.9. The van der Waals surface area contributed by atoms with Crippen LogP contribution in [0.5, 0.6) is 0 Å². The van der Waals surface area contributed by atoms with Gasteiger partial charge in [-0.15, -0.1) is 0 Å². The monoisotopic (exact) mass is 344 g/mol. The van der Waals surface area contributed by atoms with Gasteiger partial charge in [-0.1, -0.05) is 81.4 Å². The third kappa shape index (κ3) is 4.57. The maximum absolute atomic E-state index is 12.2. The maximum atomic E-state index is 12.2. The van der Waals surface area contributed by atoms with E-state index in [4.69, 9.17) is 0 Å². The third-order valence-electron chi connectivity index (χ3n) is 4.29. The summed E-state index contributed by atoms with van der Waals surface area (Å²) in [4.78, 5) is 12.2. The van der Waals surface area contributed by atoms with Gasteiger partial charge in [-0.2, -0.15) is 5.10 Å².